The van der Waals surface area contributed by atoms with Gasteiger partial charge in [-0.1, -0.05) is 19.9 Å². The zero-order valence-electron chi connectivity index (χ0n) is 11.6. The topological polar surface area (TPSA) is 76.4 Å². The van der Waals surface area contributed by atoms with Gasteiger partial charge in [0.2, 0.25) is 0 Å². The van der Waals surface area contributed by atoms with E-state index in [0.717, 1.165) is 11.5 Å². The van der Waals surface area contributed by atoms with E-state index in [2.05, 4.69) is 31.1 Å². The largest absolute Gasteiger partial charge is 0.492 e. The number of anilines is 2. The maximum Gasteiger partial charge on any atom is 0.263 e. The Labute approximate surface area is 117 Å². The summed E-state index contributed by atoms with van der Waals surface area (Å²) in [6, 6.07) is 0. The molecular weight excluding hydrogens is 262 g/mol. The number of methoxy groups -OCH3 is 1. The zero-order chi connectivity index (χ0) is 14.4. The van der Waals surface area contributed by atoms with Crippen molar-refractivity contribution in [1.82, 2.24) is 5.32 Å². The highest BCUT2D eigenvalue weighted by Gasteiger charge is 2.21. The fourth-order valence-corrected chi connectivity index (χ4v) is 2.47. The maximum absolute atomic E-state index is 11.9. The number of carbonyl (C=O) groups is 1. The number of rotatable bonds is 7. The number of nitrogen functional groups attached to an aromatic ring is 1. The van der Waals surface area contributed by atoms with Gasteiger partial charge >= 0.3 is 0 Å². The molecule has 0 bridgehead atoms. The average Bonchev–Trinajstić information content (AvgIpc) is 2.69. The molecule has 19 heavy (non-hydrogen) atoms. The van der Waals surface area contributed by atoms with Crippen molar-refractivity contribution in [1.29, 1.82) is 0 Å². The van der Waals surface area contributed by atoms with Crippen LogP contribution in [-0.4, -0.2) is 26.1 Å². The van der Waals surface area contributed by atoms with Gasteiger partial charge in [-0.05, 0) is 5.92 Å². The predicted molar refractivity (Wildman–Crippen MR) is 81.1 cm³/mol. The average molecular weight is 283 g/mol. The minimum Gasteiger partial charge on any atom is -0.492 e. The van der Waals surface area contributed by atoms with Crippen molar-refractivity contribution in [3.63, 3.8) is 0 Å². The van der Waals surface area contributed by atoms with Crippen molar-refractivity contribution in [2.24, 2.45) is 5.92 Å². The Hall–Kier alpha value is -1.69. The molecule has 1 heterocycles. The highest BCUT2D eigenvalue weighted by Crippen LogP contribution is 2.42. The van der Waals surface area contributed by atoms with Gasteiger partial charge in [-0.3, -0.25) is 4.79 Å². The van der Waals surface area contributed by atoms with Gasteiger partial charge in [0, 0.05) is 13.1 Å². The van der Waals surface area contributed by atoms with Crippen LogP contribution < -0.4 is 21.1 Å². The summed E-state index contributed by atoms with van der Waals surface area (Å²) in [6.45, 7) is 8.97. The SMILES string of the molecule is C=CCNC(=O)c1sc(NCC(C)C)c(OC)c1N. The van der Waals surface area contributed by atoms with Gasteiger partial charge in [-0.2, -0.15) is 0 Å². The van der Waals surface area contributed by atoms with Gasteiger partial charge in [0.15, 0.2) is 5.75 Å². The Morgan fingerprint density at radius 3 is 2.79 bits per heavy atom. The third kappa shape index (κ3) is 3.89. The van der Waals surface area contributed by atoms with Crippen molar-refractivity contribution in [2.45, 2.75) is 13.8 Å². The van der Waals surface area contributed by atoms with Crippen LogP contribution in [0.3, 0.4) is 0 Å². The molecule has 0 aliphatic rings. The summed E-state index contributed by atoms with van der Waals surface area (Å²) >= 11 is 1.30. The molecule has 0 saturated heterocycles. The Bertz CT molecular complexity index is 455. The van der Waals surface area contributed by atoms with Gasteiger partial charge in [0.05, 0.1) is 7.11 Å². The van der Waals surface area contributed by atoms with Crippen molar-refractivity contribution in [3.8, 4) is 5.75 Å². The van der Waals surface area contributed by atoms with Crippen molar-refractivity contribution in [2.75, 3.05) is 31.2 Å². The molecule has 6 heteroatoms. The monoisotopic (exact) mass is 283 g/mol. The number of thiophene rings is 1. The van der Waals surface area contributed by atoms with E-state index >= 15 is 0 Å². The zero-order valence-corrected chi connectivity index (χ0v) is 12.4. The molecule has 0 saturated carbocycles. The van der Waals surface area contributed by atoms with Crippen LogP contribution in [0.1, 0.15) is 23.5 Å². The Morgan fingerprint density at radius 1 is 1.58 bits per heavy atom. The number of nitrogens with one attached hydrogen (secondary N) is 2. The molecule has 1 aromatic heterocycles. The second-order valence-corrected chi connectivity index (χ2v) is 5.50. The molecule has 4 N–H and O–H groups in total. The van der Waals surface area contributed by atoms with E-state index in [1.807, 2.05) is 0 Å². The molecule has 0 aliphatic carbocycles. The summed E-state index contributed by atoms with van der Waals surface area (Å²) in [5.74, 6) is 0.818. The standard InChI is InChI=1S/C13H21N3O2S/c1-5-6-15-12(17)11-9(14)10(18-4)13(19-11)16-7-8(2)3/h5,8,16H,1,6-7,14H2,2-4H3,(H,15,17). The Morgan fingerprint density at radius 2 is 2.26 bits per heavy atom. The second kappa shape index (κ2) is 7.04. The Balaban J connectivity index is 2.94. The van der Waals surface area contributed by atoms with Gasteiger partial charge in [0.25, 0.3) is 5.91 Å². The molecule has 0 aromatic carbocycles. The van der Waals surface area contributed by atoms with E-state index in [4.69, 9.17) is 10.5 Å². The molecular formula is C13H21N3O2S. The van der Waals surface area contributed by atoms with E-state index in [0.29, 0.717) is 28.8 Å². The smallest absolute Gasteiger partial charge is 0.263 e. The van der Waals surface area contributed by atoms with E-state index < -0.39 is 0 Å². The highest BCUT2D eigenvalue weighted by molar-refractivity contribution is 7.19. The normalized spacial score (nSPS) is 10.3. The van der Waals surface area contributed by atoms with Gasteiger partial charge < -0.3 is 21.1 Å². The van der Waals surface area contributed by atoms with Crippen LogP contribution in [-0.2, 0) is 0 Å². The summed E-state index contributed by atoms with van der Waals surface area (Å²) in [5.41, 5.74) is 6.33. The van der Waals surface area contributed by atoms with Crippen LogP contribution >= 0.6 is 11.3 Å². The lowest BCUT2D eigenvalue weighted by molar-refractivity contribution is 0.0962. The molecule has 0 unspecified atom stereocenters. The first kappa shape index (κ1) is 15.4. The first-order valence-corrected chi connectivity index (χ1v) is 6.92. The van der Waals surface area contributed by atoms with Crippen molar-refractivity contribution in [3.05, 3.63) is 17.5 Å². The quantitative estimate of drug-likeness (QED) is 0.671. The van der Waals surface area contributed by atoms with Crippen molar-refractivity contribution < 1.29 is 9.53 Å². The van der Waals surface area contributed by atoms with Crippen LogP contribution in [0.15, 0.2) is 12.7 Å². The molecule has 1 aromatic rings. The molecule has 0 aliphatic heterocycles. The summed E-state index contributed by atoms with van der Waals surface area (Å²) < 4.78 is 5.27. The highest BCUT2D eigenvalue weighted by atomic mass is 32.1. The maximum atomic E-state index is 11.9. The summed E-state index contributed by atoms with van der Waals surface area (Å²) in [4.78, 5) is 12.4. The summed E-state index contributed by atoms with van der Waals surface area (Å²) in [5, 5.41) is 6.75. The van der Waals surface area contributed by atoms with Crippen LogP contribution in [0.2, 0.25) is 0 Å². The summed E-state index contributed by atoms with van der Waals surface area (Å²) in [6.07, 6.45) is 1.62. The van der Waals surface area contributed by atoms with Crippen molar-refractivity contribution >= 4 is 27.9 Å². The number of amides is 1. The first-order chi connectivity index (χ1) is 9.01. The molecule has 0 atom stereocenters. The second-order valence-electron chi connectivity index (χ2n) is 4.48. The summed E-state index contributed by atoms with van der Waals surface area (Å²) in [7, 11) is 1.55. The molecule has 1 amide bonds. The fraction of sp³-hybridized carbons (Fsp3) is 0.462. The molecule has 0 fully saturated rings. The van der Waals surface area contributed by atoms with Crippen LogP contribution in [0, 0.1) is 5.92 Å². The lowest BCUT2D eigenvalue weighted by Crippen LogP contribution is -2.23. The van der Waals surface area contributed by atoms with Crippen LogP contribution in [0.25, 0.3) is 0 Å². The molecule has 1 rings (SSSR count). The third-order valence-corrected chi connectivity index (χ3v) is 3.53. The van der Waals surface area contributed by atoms with E-state index in [-0.39, 0.29) is 5.91 Å². The molecule has 106 valence electrons. The Kier molecular flexibility index (Phi) is 5.69. The number of ether oxygens (including phenoxy) is 1. The minimum absolute atomic E-state index is 0.210. The van der Waals surface area contributed by atoms with E-state index in [1.54, 1.807) is 13.2 Å². The van der Waals surface area contributed by atoms with Gasteiger partial charge in [0.1, 0.15) is 15.6 Å². The molecule has 0 spiro atoms. The van der Waals surface area contributed by atoms with E-state index in [9.17, 15) is 4.79 Å². The van der Waals surface area contributed by atoms with Gasteiger partial charge in [-0.25, -0.2) is 0 Å². The minimum atomic E-state index is -0.210. The van der Waals surface area contributed by atoms with Gasteiger partial charge in [-0.15, -0.1) is 17.9 Å². The van der Waals surface area contributed by atoms with Crippen LogP contribution in [0.4, 0.5) is 10.7 Å². The fourth-order valence-electron chi connectivity index (χ4n) is 1.46. The first-order valence-electron chi connectivity index (χ1n) is 6.10. The number of hydrogen-bond donors (Lipinski definition) is 3. The lowest BCUT2D eigenvalue weighted by Gasteiger charge is -2.08. The molecule has 0 radical (unpaired) electrons. The number of hydrogen-bond acceptors (Lipinski definition) is 5. The predicted octanol–water partition coefficient (Wildman–Crippen LogP) is 2.32. The van der Waals surface area contributed by atoms with E-state index in [1.165, 1.54) is 11.3 Å². The number of carbonyl (C=O) groups excluding carboxylic acids is 1. The molecule has 5 nitrogen and oxygen atoms in total. The lowest BCUT2D eigenvalue weighted by atomic mass is 10.2. The van der Waals surface area contributed by atoms with Crippen LogP contribution in [0.5, 0.6) is 5.75 Å². The number of nitrogens with two attached hydrogens (primary N) is 1. The third-order valence-electron chi connectivity index (χ3n) is 2.39.